The Bertz CT molecular complexity index is 315. The molecule has 6 heteroatoms. The van der Waals surface area contributed by atoms with Crippen LogP contribution in [0.3, 0.4) is 0 Å². The lowest BCUT2D eigenvalue weighted by molar-refractivity contribution is -0.127. The topological polar surface area (TPSA) is 35.5 Å². The Balaban J connectivity index is 1.87. The molecule has 2 aliphatic rings. The van der Waals surface area contributed by atoms with E-state index in [1.165, 1.54) is 25.7 Å². The van der Waals surface area contributed by atoms with Gasteiger partial charge in [-0.1, -0.05) is 12.8 Å². The normalized spacial score (nSPS) is 30.7. The summed E-state index contributed by atoms with van der Waals surface area (Å²) in [6.07, 6.45) is 0.990. The number of alkyl halides is 3. The summed E-state index contributed by atoms with van der Waals surface area (Å²) < 4.78 is 37.1. The molecule has 0 aromatic heterocycles. The molecule has 3 nitrogen and oxygen atoms in total. The standard InChI is InChI=1S/C15H27F3N2O/c1-11(21)13-6-14(19-10-15(16,17)18)9-20(8-13)7-12-4-2-3-5-12/h11-14,19,21H,2-10H2,1H3. The van der Waals surface area contributed by atoms with Gasteiger partial charge in [-0.2, -0.15) is 13.2 Å². The van der Waals surface area contributed by atoms with Crippen LogP contribution in [0, 0.1) is 11.8 Å². The van der Waals surface area contributed by atoms with Gasteiger partial charge in [0, 0.05) is 25.7 Å². The van der Waals surface area contributed by atoms with Gasteiger partial charge in [0.05, 0.1) is 12.6 Å². The number of likely N-dealkylation sites (tertiary alicyclic amines) is 1. The van der Waals surface area contributed by atoms with Crippen molar-refractivity contribution in [1.29, 1.82) is 0 Å². The molecule has 0 bridgehead atoms. The van der Waals surface area contributed by atoms with Gasteiger partial charge in [-0.15, -0.1) is 0 Å². The van der Waals surface area contributed by atoms with Crippen molar-refractivity contribution in [2.45, 2.75) is 57.3 Å². The number of rotatable bonds is 5. The minimum Gasteiger partial charge on any atom is -0.393 e. The summed E-state index contributed by atoms with van der Waals surface area (Å²) in [5, 5.41) is 12.4. The van der Waals surface area contributed by atoms with E-state index in [1.54, 1.807) is 6.92 Å². The Morgan fingerprint density at radius 3 is 2.48 bits per heavy atom. The molecule has 3 atom stereocenters. The van der Waals surface area contributed by atoms with E-state index in [0.717, 1.165) is 13.1 Å². The predicted octanol–water partition coefficient (Wildman–Crippen LogP) is 2.40. The molecule has 2 fully saturated rings. The average Bonchev–Trinajstić information content (AvgIpc) is 2.88. The van der Waals surface area contributed by atoms with E-state index in [9.17, 15) is 18.3 Å². The molecule has 1 heterocycles. The fourth-order valence-corrected chi connectivity index (χ4v) is 3.70. The average molecular weight is 308 g/mol. The van der Waals surface area contributed by atoms with Gasteiger partial charge < -0.3 is 15.3 Å². The van der Waals surface area contributed by atoms with Crippen molar-refractivity contribution in [2.75, 3.05) is 26.2 Å². The molecule has 1 saturated heterocycles. The molecule has 1 saturated carbocycles. The van der Waals surface area contributed by atoms with Crippen LogP contribution in [0.1, 0.15) is 39.0 Å². The zero-order valence-corrected chi connectivity index (χ0v) is 12.7. The first-order valence-corrected chi connectivity index (χ1v) is 8.04. The van der Waals surface area contributed by atoms with Crippen molar-refractivity contribution in [3.8, 4) is 0 Å². The summed E-state index contributed by atoms with van der Waals surface area (Å²) in [7, 11) is 0. The summed E-state index contributed by atoms with van der Waals surface area (Å²) in [5.74, 6) is 0.743. The molecule has 2 N–H and O–H groups in total. The zero-order valence-electron chi connectivity index (χ0n) is 12.7. The van der Waals surface area contributed by atoms with Gasteiger partial charge in [0.1, 0.15) is 0 Å². The highest BCUT2D eigenvalue weighted by molar-refractivity contribution is 4.87. The Labute approximate surface area is 124 Å². The molecule has 21 heavy (non-hydrogen) atoms. The molecule has 0 aromatic carbocycles. The molecule has 124 valence electrons. The molecule has 1 aliphatic carbocycles. The molecule has 1 aliphatic heterocycles. The monoisotopic (exact) mass is 308 g/mol. The Hall–Kier alpha value is -0.330. The van der Waals surface area contributed by atoms with Gasteiger partial charge in [0.25, 0.3) is 0 Å². The number of piperidine rings is 1. The van der Waals surface area contributed by atoms with Crippen LogP contribution in [0.15, 0.2) is 0 Å². The highest BCUT2D eigenvalue weighted by Gasteiger charge is 2.34. The Morgan fingerprint density at radius 1 is 1.24 bits per heavy atom. The summed E-state index contributed by atoms with van der Waals surface area (Å²) in [5.41, 5.74) is 0. The third kappa shape index (κ3) is 5.75. The van der Waals surface area contributed by atoms with E-state index in [-0.39, 0.29) is 12.0 Å². The van der Waals surface area contributed by atoms with Crippen LogP contribution >= 0.6 is 0 Å². The molecule has 3 unspecified atom stereocenters. The van der Waals surface area contributed by atoms with E-state index < -0.39 is 18.8 Å². The lowest BCUT2D eigenvalue weighted by Gasteiger charge is -2.40. The number of nitrogens with zero attached hydrogens (tertiary/aromatic N) is 1. The lowest BCUT2D eigenvalue weighted by Crippen LogP contribution is -2.53. The van der Waals surface area contributed by atoms with Crippen molar-refractivity contribution in [3.05, 3.63) is 0 Å². The van der Waals surface area contributed by atoms with E-state index >= 15 is 0 Å². The van der Waals surface area contributed by atoms with Gasteiger partial charge in [-0.25, -0.2) is 0 Å². The van der Waals surface area contributed by atoms with E-state index in [2.05, 4.69) is 10.2 Å². The summed E-state index contributed by atoms with van der Waals surface area (Å²) in [6, 6.07) is -0.179. The molecule has 0 radical (unpaired) electrons. The van der Waals surface area contributed by atoms with Crippen molar-refractivity contribution in [3.63, 3.8) is 0 Å². The molecule has 0 aromatic rings. The Morgan fingerprint density at radius 2 is 1.90 bits per heavy atom. The maximum Gasteiger partial charge on any atom is 0.401 e. The second-order valence-corrected chi connectivity index (χ2v) is 6.80. The minimum absolute atomic E-state index is 0.0610. The van der Waals surface area contributed by atoms with Crippen molar-refractivity contribution in [1.82, 2.24) is 10.2 Å². The first-order valence-electron chi connectivity index (χ1n) is 8.04. The number of aliphatic hydroxyl groups is 1. The SMILES string of the molecule is CC(O)C1CC(NCC(F)(F)F)CN(CC2CCCC2)C1. The van der Waals surface area contributed by atoms with E-state index in [4.69, 9.17) is 0 Å². The number of hydrogen-bond acceptors (Lipinski definition) is 3. The summed E-state index contributed by atoms with van der Waals surface area (Å²) >= 11 is 0. The number of aliphatic hydroxyl groups excluding tert-OH is 1. The molecule has 0 amide bonds. The first kappa shape index (κ1) is 17.0. The highest BCUT2D eigenvalue weighted by atomic mass is 19.4. The Kier molecular flexibility index (Phi) is 5.91. The zero-order chi connectivity index (χ0) is 15.5. The third-order valence-corrected chi connectivity index (χ3v) is 4.82. The fraction of sp³-hybridized carbons (Fsp3) is 1.00. The van der Waals surface area contributed by atoms with Crippen LogP contribution in [-0.4, -0.2) is 54.5 Å². The third-order valence-electron chi connectivity index (χ3n) is 4.82. The summed E-state index contributed by atoms with van der Waals surface area (Å²) in [4.78, 5) is 2.25. The molecular weight excluding hydrogens is 281 g/mol. The first-order chi connectivity index (χ1) is 9.83. The van der Waals surface area contributed by atoms with Crippen molar-refractivity contribution >= 4 is 0 Å². The van der Waals surface area contributed by atoms with Crippen LogP contribution in [0.2, 0.25) is 0 Å². The molecule has 0 spiro atoms. The van der Waals surface area contributed by atoms with E-state index in [0.29, 0.717) is 18.9 Å². The van der Waals surface area contributed by atoms with E-state index in [1.807, 2.05) is 0 Å². The quantitative estimate of drug-likeness (QED) is 0.819. The fourth-order valence-electron chi connectivity index (χ4n) is 3.70. The van der Waals surface area contributed by atoms with Crippen LogP contribution in [-0.2, 0) is 0 Å². The van der Waals surface area contributed by atoms with Crippen molar-refractivity contribution in [2.24, 2.45) is 11.8 Å². The van der Waals surface area contributed by atoms with Gasteiger partial charge in [0.15, 0.2) is 0 Å². The number of hydrogen-bond donors (Lipinski definition) is 2. The van der Waals surface area contributed by atoms with Gasteiger partial charge in [-0.3, -0.25) is 0 Å². The largest absolute Gasteiger partial charge is 0.401 e. The minimum atomic E-state index is -4.17. The smallest absolute Gasteiger partial charge is 0.393 e. The number of nitrogens with one attached hydrogen (secondary N) is 1. The van der Waals surface area contributed by atoms with Crippen LogP contribution in [0.5, 0.6) is 0 Å². The maximum absolute atomic E-state index is 12.4. The molecule has 2 rings (SSSR count). The predicted molar refractivity (Wildman–Crippen MR) is 76.0 cm³/mol. The van der Waals surface area contributed by atoms with Gasteiger partial charge in [0.2, 0.25) is 0 Å². The number of halogens is 3. The van der Waals surface area contributed by atoms with Gasteiger partial charge in [-0.05, 0) is 38.0 Å². The molecular formula is C15H27F3N2O. The highest BCUT2D eigenvalue weighted by Crippen LogP contribution is 2.28. The van der Waals surface area contributed by atoms with Crippen LogP contribution in [0.25, 0.3) is 0 Å². The second kappa shape index (κ2) is 7.29. The van der Waals surface area contributed by atoms with Gasteiger partial charge >= 0.3 is 6.18 Å². The second-order valence-electron chi connectivity index (χ2n) is 6.80. The lowest BCUT2D eigenvalue weighted by atomic mass is 9.89. The van der Waals surface area contributed by atoms with Crippen LogP contribution in [0.4, 0.5) is 13.2 Å². The van der Waals surface area contributed by atoms with Crippen molar-refractivity contribution < 1.29 is 18.3 Å². The van der Waals surface area contributed by atoms with Crippen LogP contribution < -0.4 is 5.32 Å². The maximum atomic E-state index is 12.4. The summed E-state index contributed by atoms with van der Waals surface area (Å²) in [6.45, 7) is 3.23.